The first-order valence-electron chi connectivity index (χ1n) is 5.11. The molecule has 1 atom stereocenters. The van der Waals surface area contributed by atoms with Crippen molar-refractivity contribution in [2.75, 3.05) is 13.6 Å². The average molecular weight is 195 g/mol. The lowest BCUT2D eigenvalue weighted by Crippen LogP contribution is -2.12. The minimum Gasteiger partial charge on any atom is -0.320 e. The number of nitrogens with one attached hydrogen (secondary N) is 1. The predicted molar refractivity (Wildman–Crippen MR) is 57.8 cm³/mol. The molecule has 0 spiro atoms. The molecule has 0 aliphatic carbocycles. The maximum Gasteiger partial charge on any atom is 0.123 e. The second-order valence-electron chi connectivity index (χ2n) is 3.83. The quantitative estimate of drug-likeness (QED) is 0.761. The molecular weight excluding hydrogens is 177 g/mol. The molecule has 0 saturated carbocycles. The van der Waals surface area contributed by atoms with Gasteiger partial charge >= 0.3 is 0 Å². The topological polar surface area (TPSA) is 12.0 Å². The van der Waals surface area contributed by atoms with Crippen LogP contribution in [-0.4, -0.2) is 13.6 Å². The van der Waals surface area contributed by atoms with Gasteiger partial charge in [0.25, 0.3) is 0 Å². The Morgan fingerprint density at radius 3 is 2.50 bits per heavy atom. The van der Waals surface area contributed by atoms with E-state index in [9.17, 15) is 4.39 Å². The number of hydrogen-bond acceptors (Lipinski definition) is 1. The lowest BCUT2D eigenvalue weighted by Gasteiger charge is -2.10. The maximum atomic E-state index is 12.6. The molecule has 0 bridgehead atoms. The molecular formula is C12H18FN. The Bertz CT molecular complexity index is 256. The van der Waals surface area contributed by atoms with E-state index >= 15 is 0 Å². The summed E-state index contributed by atoms with van der Waals surface area (Å²) in [5, 5.41) is 3.13. The molecule has 0 amide bonds. The molecule has 14 heavy (non-hydrogen) atoms. The van der Waals surface area contributed by atoms with Gasteiger partial charge in [-0.1, -0.05) is 19.1 Å². The molecule has 1 aromatic carbocycles. The molecule has 1 rings (SSSR count). The first kappa shape index (κ1) is 11.2. The van der Waals surface area contributed by atoms with Crippen LogP contribution in [0.4, 0.5) is 4.39 Å². The summed E-state index contributed by atoms with van der Waals surface area (Å²) in [4.78, 5) is 0. The van der Waals surface area contributed by atoms with Gasteiger partial charge in [0.15, 0.2) is 0 Å². The molecule has 1 nitrogen and oxygen atoms in total. The molecule has 0 saturated heterocycles. The summed E-state index contributed by atoms with van der Waals surface area (Å²) in [6.07, 6.45) is 2.19. The molecule has 0 aliphatic heterocycles. The Morgan fingerprint density at radius 1 is 1.29 bits per heavy atom. The van der Waals surface area contributed by atoms with Crippen molar-refractivity contribution >= 4 is 0 Å². The molecule has 0 heterocycles. The molecule has 2 heteroatoms. The van der Waals surface area contributed by atoms with Crippen molar-refractivity contribution in [3.63, 3.8) is 0 Å². The van der Waals surface area contributed by atoms with Crippen LogP contribution < -0.4 is 5.32 Å². The Labute approximate surface area is 85.3 Å². The van der Waals surface area contributed by atoms with Gasteiger partial charge in [0, 0.05) is 0 Å². The second kappa shape index (κ2) is 5.76. The highest BCUT2D eigenvalue weighted by molar-refractivity contribution is 5.16. The van der Waals surface area contributed by atoms with Crippen molar-refractivity contribution in [3.05, 3.63) is 35.6 Å². The Morgan fingerprint density at radius 2 is 1.93 bits per heavy atom. The number of hydrogen-bond donors (Lipinski definition) is 1. The first-order chi connectivity index (χ1) is 6.72. The summed E-state index contributed by atoms with van der Waals surface area (Å²) in [5.74, 6) is 0.490. The Kier molecular flexibility index (Phi) is 4.60. The average Bonchev–Trinajstić information content (AvgIpc) is 2.18. The normalized spacial score (nSPS) is 12.8. The molecule has 1 unspecified atom stereocenters. The van der Waals surface area contributed by atoms with E-state index in [2.05, 4.69) is 12.2 Å². The highest BCUT2D eigenvalue weighted by atomic mass is 19.1. The van der Waals surface area contributed by atoms with Crippen molar-refractivity contribution < 1.29 is 4.39 Å². The fourth-order valence-electron chi connectivity index (χ4n) is 1.52. The summed E-state index contributed by atoms with van der Waals surface area (Å²) in [7, 11) is 1.96. The molecule has 0 fully saturated rings. The van der Waals surface area contributed by atoms with Gasteiger partial charge in [-0.15, -0.1) is 0 Å². The van der Waals surface area contributed by atoms with Crippen molar-refractivity contribution in [1.82, 2.24) is 5.32 Å². The van der Waals surface area contributed by atoms with Gasteiger partial charge in [-0.25, -0.2) is 4.39 Å². The molecule has 1 N–H and O–H groups in total. The van der Waals surface area contributed by atoms with Gasteiger partial charge in [0.1, 0.15) is 5.82 Å². The van der Waals surface area contributed by atoms with Gasteiger partial charge in [0.2, 0.25) is 0 Å². The van der Waals surface area contributed by atoms with Gasteiger partial charge in [-0.2, -0.15) is 0 Å². The van der Waals surface area contributed by atoms with Crippen LogP contribution in [0.3, 0.4) is 0 Å². The maximum absolute atomic E-state index is 12.6. The van der Waals surface area contributed by atoms with Gasteiger partial charge in [0.05, 0.1) is 0 Å². The lowest BCUT2D eigenvalue weighted by atomic mass is 9.98. The number of rotatable bonds is 5. The van der Waals surface area contributed by atoms with Crippen LogP contribution in [0, 0.1) is 11.7 Å². The summed E-state index contributed by atoms with van der Waals surface area (Å²) in [6.45, 7) is 3.27. The van der Waals surface area contributed by atoms with E-state index in [-0.39, 0.29) is 5.82 Å². The Hall–Kier alpha value is -0.890. The zero-order valence-corrected chi connectivity index (χ0v) is 8.89. The van der Waals surface area contributed by atoms with Crippen LogP contribution in [0.25, 0.3) is 0 Å². The van der Waals surface area contributed by atoms with Crippen LogP contribution >= 0.6 is 0 Å². The molecule has 1 aromatic rings. The third kappa shape index (κ3) is 3.88. The van der Waals surface area contributed by atoms with E-state index in [0.29, 0.717) is 5.92 Å². The zero-order valence-electron chi connectivity index (χ0n) is 8.89. The highest BCUT2D eigenvalue weighted by Gasteiger charge is 2.02. The second-order valence-corrected chi connectivity index (χ2v) is 3.83. The standard InChI is InChI=1S/C12H18FN/c1-10(7-8-14-2)9-11-3-5-12(13)6-4-11/h3-6,10,14H,7-9H2,1-2H3. The minimum atomic E-state index is -0.156. The van der Waals surface area contributed by atoms with Crippen LogP contribution in [0.15, 0.2) is 24.3 Å². The van der Waals surface area contributed by atoms with Gasteiger partial charge in [-0.3, -0.25) is 0 Å². The summed E-state index contributed by atoms with van der Waals surface area (Å²) in [5.41, 5.74) is 1.22. The van der Waals surface area contributed by atoms with Crippen molar-refractivity contribution in [2.24, 2.45) is 5.92 Å². The van der Waals surface area contributed by atoms with Crippen LogP contribution in [-0.2, 0) is 6.42 Å². The molecule has 0 aliphatic rings. The van der Waals surface area contributed by atoms with Crippen LogP contribution in [0.5, 0.6) is 0 Å². The van der Waals surface area contributed by atoms with E-state index in [0.717, 1.165) is 19.4 Å². The zero-order chi connectivity index (χ0) is 10.4. The van der Waals surface area contributed by atoms with E-state index in [1.54, 1.807) is 0 Å². The smallest absolute Gasteiger partial charge is 0.123 e. The number of benzene rings is 1. The fraction of sp³-hybridized carbons (Fsp3) is 0.500. The summed E-state index contributed by atoms with van der Waals surface area (Å²) >= 11 is 0. The SMILES string of the molecule is CNCCC(C)Cc1ccc(F)cc1. The minimum absolute atomic E-state index is 0.156. The fourth-order valence-corrected chi connectivity index (χ4v) is 1.52. The Balaban J connectivity index is 2.39. The van der Waals surface area contributed by atoms with E-state index in [4.69, 9.17) is 0 Å². The van der Waals surface area contributed by atoms with Crippen LogP contribution in [0.2, 0.25) is 0 Å². The predicted octanol–water partition coefficient (Wildman–Crippen LogP) is 2.61. The van der Waals surface area contributed by atoms with Gasteiger partial charge in [-0.05, 0) is 50.0 Å². The molecule has 0 aromatic heterocycles. The molecule has 78 valence electrons. The first-order valence-corrected chi connectivity index (χ1v) is 5.11. The largest absolute Gasteiger partial charge is 0.320 e. The van der Waals surface area contributed by atoms with E-state index in [1.165, 1.54) is 17.7 Å². The third-order valence-electron chi connectivity index (χ3n) is 2.38. The van der Waals surface area contributed by atoms with Gasteiger partial charge < -0.3 is 5.32 Å². The highest BCUT2D eigenvalue weighted by Crippen LogP contribution is 2.11. The van der Waals surface area contributed by atoms with Crippen molar-refractivity contribution in [1.29, 1.82) is 0 Å². The number of halogens is 1. The summed E-state index contributed by atoms with van der Waals surface area (Å²) in [6, 6.07) is 6.79. The van der Waals surface area contributed by atoms with E-state index < -0.39 is 0 Å². The third-order valence-corrected chi connectivity index (χ3v) is 2.38. The summed E-state index contributed by atoms with van der Waals surface area (Å²) < 4.78 is 12.6. The van der Waals surface area contributed by atoms with Crippen LogP contribution in [0.1, 0.15) is 18.9 Å². The van der Waals surface area contributed by atoms with Crippen molar-refractivity contribution in [2.45, 2.75) is 19.8 Å². The molecule has 0 radical (unpaired) electrons. The lowest BCUT2D eigenvalue weighted by molar-refractivity contribution is 0.514. The monoisotopic (exact) mass is 195 g/mol. The van der Waals surface area contributed by atoms with E-state index in [1.807, 2.05) is 19.2 Å². The van der Waals surface area contributed by atoms with Crippen molar-refractivity contribution in [3.8, 4) is 0 Å².